The summed E-state index contributed by atoms with van der Waals surface area (Å²) in [4.78, 5) is 14.3. The number of alkyl halides is 5. The molecule has 0 radical (unpaired) electrons. The molecular formula is C10H8F5NO2. The molecule has 0 aromatic carbocycles. The first-order valence-corrected chi connectivity index (χ1v) is 4.81. The molecule has 0 amide bonds. The molecule has 0 atom stereocenters. The van der Waals surface area contributed by atoms with Crippen LogP contribution in [0.15, 0.2) is 12.3 Å². The largest absolute Gasteiger partial charge is 0.434 e. The van der Waals surface area contributed by atoms with E-state index in [1.54, 1.807) is 0 Å². The first-order chi connectivity index (χ1) is 8.27. The van der Waals surface area contributed by atoms with E-state index in [2.05, 4.69) is 9.72 Å². The van der Waals surface area contributed by atoms with Crippen molar-refractivity contribution in [2.75, 3.05) is 0 Å². The van der Waals surface area contributed by atoms with Gasteiger partial charge in [-0.05, 0) is 18.1 Å². The van der Waals surface area contributed by atoms with E-state index in [-0.39, 0.29) is 12.0 Å². The summed E-state index contributed by atoms with van der Waals surface area (Å²) in [6.45, 7) is -2.00. The van der Waals surface area contributed by atoms with Crippen molar-refractivity contribution in [3.05, 3.63) is 29.1 Å². The van der Waals surface area contributed by atoms with Crippen LogP contribution in [0, 0.1) is 0 Å². The number of halogens is 5. The fraction of sp³-hybridized carbons (Fsp3) is 0.400. The number of rotatable bonds is 3. The van der Waals surface area contributed by atoms with E-state index in [9.17, 15) is 26.7 Å². The summed E-state index contributed by atoms with van der Waals surface area (Å²) in [6, 6.07) is 1.15. The Morgan fingerprint density at radius 1 is 1.44 bits per heavy atom. The van der Waals surface area contributed by atoms with E-state index in [4.69, 9.17) is 0 Å². The number of hydrogen-bond acceptors (Lipinski definition) is 3. The quantitative estimate of drug-likeness (QED) is 0.625. The van der Waals surface area contributed by atoms with E-state index < -0.39 is 30.0 Å². The third-order valence-electron chi connectivity index (χ3n) is 2.09. The predicted octanol–water partition coefficient (Wildman–Crippen LogP) is 3.04. The lowest BCUT2D eigenvalue weighted by Crippen LogP contribution is -2.20. The van der Waals surface area contributed by atoms with Crippen molar-refractivity contribution in [1.29, 1.82) is 0 Å². The second kappa shape index (κ2) is 5.28. The molecule has 100 valence electrons. The van der Waals surface area contributed by atoms with Gasteiger partial charge in [0.1, 0.15) is 0 Å². The Hall–Kier alpha value is -1.73. The normalized spacial score (nSPS) is 11.7. The van der Waals surface area contributed by atoms with Gasteiger partial charge in [0.25, 0.3) is 0 Å². The van der Waals surface area contributed by atoms with Crippen LogP contribution >= 0.6 is 0 Å². The van der Waals surface area contributed by atoms with Gasteiger partial charge in [0.15, 0.2) is 5.69 Å². The lowest BCUT2D eigenvalue weighted by atomic mass is 10.0. The van der Waals surface area contributed by atoms with Crippen molar-refractivity contribution >= 4 is 5.97 Å². The van der Waals surface area contributed by atoms with Gasteiger partial charge in [-0.3, -0.25) is 4.98 Å². The van der Waals surface area contributed by atoms with Crippen molar-refractivity contribution < 1.29 is 31.5 Å². The molecule has 8 heteroatoms. The van der Waals surface area contributed by atoms with Crippen molar-refractivity contribution in [2.45, 2.75) is 26.1 Å². The summed E-state index contributed by atoms with van der Waals surface area (Å²) in [5.41, 5.74) is -2.54. The van der Waals surface area contributed by atoms with Crippen LogP contribution in [-0.4, -0.2) is 17.6 Å². The summed E-state index contributed by atoms with van der Waals surface area (Å²) in [6.07, 6.45) is -4.00. The molecule has 0 saturated heterocycles. The van der Waals surface area contributed by atoms with Gasteiger partial charge < -0.3 is 4.74 Å². The highest BCUT2D eigenvalue weighted by Gasteiger charge is 2.39. The summed E-state index contributed by atoms with van der Waals surface area (Å²) >= 11 is 0. The molecule has 1 aromatic heterocycles. The fourth-order valence-corrected chi connectivity index (χ4v) is 1.38. The summed E-state index contributed by atoms with van der Waals surface area (Å²) in [7, 11) is 0. The first kappa shape index (κ1) is 14.3. The molecule has 0 aliphatic rings. The average Bonchev–Trinajstić information content (AvgIpc) is 2.25. The monoisotopic (exact) mass is 269 g/mol. The van der Waals surface area contributed by atoms with Gasteiger partial charge in [-0.2, -0.15) is 22.0 Å². The molecular weight excluding hydrogens is 261 g/mol. The van der Waals surface area contributed by atoms with E-state index in [0.29, 0.717) is 0 Å². The topological polar surface area (TPSA) is 39.2 Å². The number of pyridine rings is 1. The number of aryl methyl sites for hydroxylation is 1. The molecule has 18 heavy (non-hydrogen) atoms. The van der Waals surface area contributed by atoms with Crippen molar-refractivity contribution in [3.63, 3.8) is 0 Å². The summed E-state index contributed by atoms with van der Waals surface area (Å²) in [5.74, 6) is -1.73. The van der Waals surface area contributed by atoms with E-state index >= 15 is 0 Å². The maximum Gasteiger partial charge on any atom is 0.434 e. The van der Waals surface area contributed by atoms with Crippen molar-refractivity contribution in [3.8, 4) is 0 Å². The lowest BCUT2D eigenvalue weighted by Gasteiger charge is -2.13. The van der Waals surface area contributed by atoms with Gasteiger partial charge in [0.05, 0.1) is 5.56 Å². The molecule has 1 heterocycles. The highest BCUT2D eigenvalue weighted by Crippen LogP contribution is 2.32. The molecule has 1 rings (SSSR count). The van der Waals surface area contributed by atoms with Gasteiger partial charge in [-0.1, -0.05) is 6.92 Å². The zero-order chi connectivity index (χ0) is 13.9. The Balaban J connectivity index is 3.33. The minimum Gasteiger partial charge on any atom is -0.399 e. The minimum atomic E-state index is -4.92. The van der Waals surface area contributed by atoms with Crippen LogP contribution in [0.5, 0.6) is 0 Å². The SMILES string of the molecule is CCc1ccnc(C(F)(F)F)c1C(=O)OC(F)F. The Bertz CT molecular complexity index is 444. The number of hydrogen-bond donors (Lipinski definition) is 0. The molecule has 0 aliphatic carbocycles. The van der Waals surface area contributed by atoms with Gasteiger partial charge >= 0.3 is 18.8 Å². The van der Waals surface area contributed by atoms with Crippen LogP contribution in [0.4, 0.5) is 22.0 Å². The number of carbonyl (C=O) groups is 1. The molecule has 3 nitrogen and oxygen atoms in total. The van der Waals surface area contributed by atoms with Gasteiger partial charge in [-0.15, -0.1) is 0 Å². The molecule has 0 fully saturated rings. The Morgan fingerprint density at radius 2 is 2.06 bits per heavy atom. The molecule has 0 unspecified atom stereocenters. The van der Waals surface area contributed by atoms with E-state index in [0.717, 1.165) is 12.3 Å². The molecule has 0 aliphatic heterocycles. The average molecular weight is 269 g/mol. The third-order valence-corrected chi connectivity index (χ3v) is 2.09. The van der Waals surface area contributed by atoms with Crippen molar-refractivity contribution in [1.82, 2.24) is 4.98 Å². The number of aromatic nitrogens is 1. The minimum absolute atomic E-state index is 0.0528. The van der Waals surface area contributed by atoms with Crippen LogP contribution in [0.1, 0.15) is 28.5 Å². The van der Waals surface area contributed by atoms with Crippen LogP contribution in [-0.2, 0) is 17.3 Å². The maximum absolute atomic E-state index is 12.6. The Kier molecular flexibility index (Phi) is 4.20. The standard InChI is InChI=1S/C10H8F5NO2/c1-2-5-3-4-16-7(10(13,14)15)6(5)8(17)18-9(11)12/h3-4,9H,2H2,1H3. The predicted molar refractivity (Wildman–Crippen MR) is 50.0 cm³/mol. The number of carbonyl (C=O) groups excluding carboxylic acids is 1. The van der Waals surface area contributed by atoms with E-state index in [1.807, 2.05) is 0 Å². The number of esters is 1. The highest BCUT2D eigenvalue weighted by molar-refractivity contribution is 5.92. The zero-order valence-electron chi connectivity index (χ0n) is 9.09. The zero-order valence-corrected chi connectivity index (χ0v) is 9.09. The van der Waals surface area contributed by atoms with Crippen LogP contribution in [0.2, 0.25) is 0 Å². The van der Waals surface area contributed by atoms with E-state index in [1.165, 1.54) is 6.92 Å². The second-order valence-electron chi connectivity index (χ2n) is 3.21. The number of ether oxygens (including phenoxy) is 1. The van der Waals surface area contributed by atoms with Gasteiger partial charge in [0, 0.05) is 6.20 Å². The van der Waals surface area contributed by atoms with Crippen LogP contribution in [0.25, 0.3) is 0 Å². The van der Waals surface area contributed by atoms with Crippen LogP contribution in [0.3, 0.4) is 0 Å². The van der Waals surface area contributed by atoms with Gasteiger partial charge in [0.2, 0.25) is 0 Å². The van der Waals surface area contributed by atoms with Crippen molar-refractivity contribution in [2.24, 2.45) is 0 Å². The lowest BCUT2D eigenvalue weighted by molar-refractivity contribution is -0.142. The second-order valence-corrected chi connectivity index (χ2v) is 3.21. The Morgan fingerprint density at radius 3 is 2.50 bits per heavy atom. The maximum atomic E-state index is 12.6. The summed E-state index contributed by atoms with van der Waals surface area (Å²) < 4.78 is 65.1. The first-order valence-electron chi connectivity index (χ1n) is 4.81. The highest BCUT2D eigenvalue weighted by atomic mass is 19.4. The molecule has 0 N–H and O–H groups in total. The molecule has 0 bridgehead atoms. The summed E-state index contributed by atoms with van der Waals surface area (Å²) in [5, 5.41) is 0. The molecule has 0 spiro atoms. The third kappa shape index (κ3) is 3.14. The van der Waals surface area contributed by atoms with Crippen LogP contribution < -0.4 is 0 Å². The number of nitrogens with zero attached hydrogens (tertiary/aromatic N) is 1. The molecule has 0 saturated carbocycles. The smallest absolute Gasteiger partial charge is 0.399 e. The molecule has 1 aromatic rings. The van der Waals surface area contributed by atoms with Gasteiger partial charge in [-0.25, -0.2) is 4.79 Å². The fourth-order valence-electron chi connectivity index (χ4n) is 1.38. The Labute approximate surface area is 98.6 Å².